The molecule has 0 saturated carbocycles. The lowest BCUT2D eigenvalue weighted by Gasteiger charge is -2.46. The second-order valence-electron chi connectivity index (χ2n) is 8.87. The maximum atomic E-state index is 13.4. The zero-order valence-corrected chi connectivity index (χ0v) is 20.9. The largest absolute Gasteiger partial charge is 0.456 e. The summed E-state index contributed by atoms with van der Waals surface area (Å²) in [7, 11) is 1.43. The third kappa shape index (κ3) is 4.05. The predicted octanol–water partition coefficient (Wildman–Crippen LogP) is 2.60. The third-order valence-corrected chi connectivity index (χ3v) is 7.82. The molecule has 1 fully saturated rings. The number of ether oxygens (including phenoxy) is 1. The average molecular weight is 526 g/mol. The van der Waals surface area contributed by atoms with Gasteiger partial charge in [-0.05, 0) is 24.6 Å². The molecule has 4 atom stereocenters. The Bertz CT molecular complexity index is 1460. The number of imidazole rings is 1. The number of carbonyl (C=O) groups excluding carboxylic acids is 2. The van der Waals surface area contributed by atoms with Gasteiger partial charge in [-0.3, -0.25) is 19.3 Å². The number of nitro benzene ring substituents is 1. The number of hydrogen-bond donors (Lipinski definition) is 1. The Morgan fingerprint density at radius 1 is 1.38 bits per heavy atom. The molecule has 0 bridgehead atoms. The predicted molar refractivity (Wildman–Crippen MR) is 132 cm³/mol. The number of nitro groups is 1. The highest BCUT2D eigenvalue weighted by Gasteiger charge is 2.60. The van der Waals surface area contributed by atoms with Crippen LogP contribution in [0.15, 0.2) is 47.6 Å². The van der Waals surface area contributed by atoms with E-state index in [-0.39, 0.29) is 35.9 Å². The summed E-state index contributed by atoms with van der Waals surface area (Å²) in [4.78, 5) is 48.8. The highest BCUT2D eigenvalue weighted by molar-refractivity contribution is 7.18. The van der Waals surface area contributed by atoms with Crippen LogP contribution in [0.1, 0.15) is 30.0 Å². The highest BCUT2D eigenvalue weighted by Crippen LogP contribution is 2.51. The number of fused-ring (bicyclic) bond motifs is 2. The molecule has 0 spiro atoms. The standard InChI is InChI=1S/C24H23N5O7S/c1-12-18(17-9-27-11-25-16(8-26-35-3)23(27)37-17)21(28-20(12)19(13(2)30)22(28)31)24(32)36-10-14-4-6-15(7-5-14)29(33)34/h4-9,11-13,19-20,30H,10H2,1-3H3/t12-,13+,19+,20?/m0/s1. The first kappa shape index (κ1) is 24.6. The van der Waals surface area contributed by atoms with Crippen LogP contribution in [-0.2, 0) is 25.8 Å². The van der Waals surface area contributed by atoms with E-state index < -0.39 is 22.9 Å². The number of aliphatic hydroxyl groups is 1. The molecule has 37 heavy (non-hydrogen) atoms. The van der Waals surface area contributed by atoms with Crippen molar-refractivity contribution in [3.63, 3.8) is 0 Å². The fourth-order valence-electron chi connectivity index (χ4n) is 4.95. The number of β-lactam (4-membered cyclic amide) rings is 1. The van der Waals surface area contributed by atoms with Crippen LogP contribution in [0, 0.1) is 22.0 Å². The van der Waals surface area contributed by atoms with Gasteiger partial charge in [0.25, 0.3) is 5.69 Å². The van der Waals surface area contributed by atoms with Crippen molar-refractivity contribution < 1.29 is 29.2 Å². The Morgan fingerprint density at radius 3 is 2.76 bits per heavy atom. The number of benzene rings is 1. The molecule has 5 rings (SSSR count). The smallest absolute Gasteiger partial charge is 0.355 e. The van der Waals surface area contributed by atoms with E-state index in [0.717, 1.165) is 9.71 Å². The summed E-state index contributed by atoms with van der Waals surface area (Å²) in [5.74, 6) is -1.88. The van der Waals surface area contributed by atoms with Crippen molar-refractivity contribution >= 4 is 45.5 Å². The molecule has 0 radical (unpaired) electrons. The number of aromatic nitrogens is 2. The van der Waals surface area contributed by atoms with E-state index in [1.54, 1.807) is 17.7 Å². The average Bonchev–Trinajstić information content (AvgIpc) is 3.51. The highest BCUT2D eigenvalue weighted by atomic mass is 32.1. The topological polar surface area (TPSA) is 149 Å². The van der Waals surface area contributed by atoms with Crippen LogP contribution in [0.5, 0.6) is 0 Å². The number of oxime groups is 1. The summed E-state index contributed by atoms with van der Waals surface area (Å²) in [5.41, 5.74) is 1.89. The minimum atomic E-state index is -0.868. The molecule has 1 saturated heterocycles. The lowest BCUT2D eigenvalue weighted by Crippen LogP contribution is -2.63. The Balaban J connectivity index is 1.50. The number of hydrogen-bond acceptors (Lipinski definition) is 10. The van der Waals surface area contributed by atoms with Crippen LogP contribution >= 0.6 is 11.3 Å². The van der Waals surface area contributed by atoms with Crippen molar-refractivity contribution in [3.8, 4) is 0 Å². The molecule has 12 nitrogen and oxygen atoms in total. The van der Waals surface area contributed by atoms with Gasteiger partial charge in [-0.15, -0.1) is 11.3 Å². The maximum absolute atomic E-state index is 13.4. The number of non-ortho nitro benzene ring substituents is 1. The van der Waals surface area contributed by atoms with E-state index in [1.807, 2.05) is 13.1 Å². The molecular weight excluding hydrogens is 502 g/mol. The number of carbonyl (C=O) groups is 2. The number of thiazole rings is 1. The number of aliphatic hydroxyl groups excluding tert-OH is 1. The van der Waals surface area contributed by atoms with E-state index in [0.29, 0.717) is 16.8 Å². The normalized spacial score (nSPS) is 21.9. The summed E-state index contributed by atoms with van der Waals surface area (Å²) in [6, 6.07) is 5.31. The van der Waals surface area contributed by atoms with E-state index in [2.05, 4.69) is 10.1 Å². The molecule has 13 heteroatoms. The second kappa shape index (κ2) is 9.41. The molecule has 1 aromatic carbocycles. The minimum absolute atomic E-state index is 0.0682. The molecule has 2 aliphatic rings. The summed E-state index contributed by atoms with van der Waals surface area (Å²) < 4.78 is 7.37. The lowest BCUT2D eigenvalue weighted by atomic mass is 9.77. The number of nitrogens with zero attached hydrogens (tertiary/aromatic N) is 5. The van der Waals surface area contributed by atoms with Crippen LogP contribution in [0.3, 0.4) is 0 Å². The molecule has 2 aliphatic heterocycles. The first-order valence-corrected chi connectivity index (χ1v) is 12.2. The molecule has 1 unspecified atom stereocenters. The van der Waals surface area contributed by atoms with Crippen LogP contribution in [0.4, 0.5) is 5.69 Å². The number of esters is 1. The fourth-order valence-corrected chi connectivity index (χ4v) is 6.13. The van der Waals surface area contributed by atoms with Gasteiger partial charge in [-0.25, -0.2) is 9.78 Å². The van der Waals surface area contributed by atoms with Crippen molar-refractivity contribution in [3.05, 3.63) is 68.7 Å². The summed E-state index contributed by atoms with van der Waals surface area (Å²) in [6.07, 6.45) is 4.08. The van der Waals surface area contributed by atoms with Gasteiger partial charge in [-0.1, -0.05) is 12.1 Å². The van der Waals surface area contributed by atoms with Gasteiger partial charge in [0, 0.05) is 29.8 Å². The van der Waals surface area contributed by atoms with Crippen LogP contribution in [-0.4, -0.2) is 61.7 Å². The van der Waals surface area contributed by atoms with Crippen LogP contribution in [0.2, 0.25) is 0 Å². The molecule has 2 aromatic heterocycles. The van der Waals surface area contributed by atoms with Gasteiger partial charge < -0.3 is 19.6 Å². The third-order valence-electron chi connectivity index (χ3n) is 6.67. The first-order chi connectivity index (χ1) is 17.7. The van der Waals surface area contributed by atoms with Crippen LogP contribution < -0.4 is 0 Å². The zero-order valence-electron chi connectivity index (χ0n) is 20.1. The Hall–Kier alpha value is -4.10. The molecule has 192 valence electrons. The summed E-state index contributed by atoms with van der Waals surface area (Å²) in [5, 5.41) is 24.9. The molecule has 1 amide bonds. The summed E-state index contributed by atoms with van der Waals surface area (Å²) in [6.45, 7) is 3.37. The van der Waals surface area contributed by atoms with Gasteiger partial charge in [-0.2, -0.15) is 0 Å². The van der Waals surface area contributed by atoms with Gasteiger partial charge in [0.05, 0.1) is 34.1 Å². The van der Waals surface area contributed by atoms with E-state index in [1.165, 1.54) is 53.8 Å². The summed E-state index contributed by atoms with van der Waals surface area (Å²) >= 11 is 1.39. The molecule has 3 aromatic rings. The Labute approximate surface area is 214 Å². The monoisotopic (exact) mass is 525 g/mol. The first-order valence-electron chi connectivity index (χ1n) is 11.4. The number of rotatable bonds is 8. The molecule has 1 N–H and O–H groups in total. The van der Waals surface area contributed by atoms with Crippen molar-refractivity contribution in [2.45, 2.75) is 32.6 Å². The van der Waals surface area contributed by atoms with Gasteiger partial charge in [0.15, 0.2) is 0 Å². The second-order valence-corrected chi connectivity index (χ2v) is 9.90. The molecular formula is C24H23N5O7S. The molecule has 4 heterocycles. The van der Waals surface area contributed by atoms with Crippen molar-refractivity contribution in [1.29, 1.82) is 0 Å². The van der Waals surface area contributed by atoms with Gasteiger partial charge >= 0.3 is 5.97 Å². The van der Waals surface area contributed by atoms with E-state index in [4.69, 9.17) is 9.57 Å². The van der Waals surface area contributed by atoms with Gasteiger partial charge in [0.1, 0.15) is 36.3 Å². The zero-order chi connectivity index (χ0) is 26.4. The SMILES string of the molecule is CON=Cc1ncn2cc(C3=C(C(=O)OCc4ccc([N+](=O)[O-])cc4)N4C(=O)[C@H]([C@@H](C)O)C4[C@H]3C)sc12. The van der Waals surface area contributed by atoms with Crippen molar-refractivity contribution in [2.75, 3.05) is 7.11 Å². The van der Waals surface area contributed by atoms with Crippen molar-refractivity contribution in [2.24, 2.45) is 17.0 Å². The van der Waals surface area contributed by atoms with Crippen LogP contribution in [0.25, 0.3) is 10.4 Å². The quantitative estimate of drug-likeness (QED) is 0.155. The Kier molecular flexibility index (Phi) is 6.25. The van der Waals surface area contributed by atoms with E-state index >= 15 is 0 Å². The lowest BCUT2D eigenvalue weighted by molar-refractivity contribution is -0.384. The number of amides is 1. The Morgan fingerprint density at radius 2 is 2.11 bits per heavy atom. The van der Waals surface area contributed by atoms with Gasteiger partial charge in [0.2, 0.25) is 5.91 Å². The van der Waals surface area contributed by atoms with Crippen molar-refractivity contribution in [1.82, 2.24) is 14.3 Å². The molecule has 0 aliphatic carbocycles. The minimum Gasteiger partial charge on any atom is -0.456 e. The van der Waals surface area contributed by atoms with E-state index in [9.17, 15) is 24.8 Å². The fraction of sp³-hybridized carbons (Fsp3) is 0.333. The maximum Gasteiger partial charge on any atom is 0.355 e.